The summed E-state index contributed by atoms with van der Waals surface area (Å²) in [7, 11) is 0. The van der Waals surface area contributed by atoms with Crippen molar-refractivity contribution in [2.24, 2.45) is 5.92 Å². The van der Waals surface area contributed by atoms with Gasteiger partial charge >= 0.3 is 0 Å². The van der Waals surface area contributed by atoms with Crippen LogP contribution in [0.5, 0.6) is 0 Å². The number of hydrogen-bond acceptors (Lipinski definition) is 3. The Hall–Kier alpha value is -0.120. The molecule has 2 atom stereocenters. The first-order valence-corrected chi connectivity index (χ1v) is 6.31. The Morgan fingerprint density at radius 2 is 2.00 bits per heavy atom. The minimum atomic E-state index is 0.654. The molecular weight excluding hydrogens is 188 g/mol. The van der Waals surface area contributed by atoms with Gasteiger partial charge in [0.05, 0.1) is 0 Å². The monoisotopic (exact) mass is 212 g/mol. The molecule has 3 nitrogen and oxygen atoms in total. The minimum Gasteiger partial charge on any atom is -0.381 e. The second-order valence-corrected chi connectivity index (χ2v) is 5.17. The molecule has 1 N–H and O–H groups in total. The second kappa shape index (κ2) is 5.28. The van der Waals surface area contributed by atoms with Crippen LogP contribution in [0.15, 0.2) is 0 Å². The molecule has 2 fully saturated rings. The van der Waals surface area contributed by atoms with E-state index in [0.717, 1.165) is 25.7 Å². The highest BCUT2D eigenvalue weighted by atomic mass is 16.5. The normalized spacial score (nSPS) is 35.6. The zero-order valence-electron chi connectivity index (χ0n) is 10.0. The van der Waals surface area contributed by atoms with E-state index in [2.05, 4.69) is 24.1 Å². The lowest BCUT2D eigenvalue weighted by atomic mass is 9.98. The number of ether oxygens (including phenoxy) is 1. The molecule has 2 heterocycles. The average molecular weight is 212 g/mol. The van der Waals surface area contributed by atoms with Gasteiger partial charge in [-0.25, -0.2) is 0 Å². The first-order chi connectivity index (χ1) is 7.25. The predicted octanol–water partition coefficient (Wildman–Crippen LogP) is 1.10. The summed E-state index contributed by atoms with van der Waals surface area (Å²) in [4.78, 5) is 2.65. The van der Waals surface area contributed by atoms with E-state index in [0.29, 0.717) is 12.1 Å². The lowest BCUT2D eigenvalue weighted by Crippen LogP contribution is -2.55. The lowest BCUT2D eigenvalue weighted by molar-refractivity contribution is 0.0390. The van der Waals surface area contributed by atoms with Crippen molar-refractivity contribution >= 4 is 0 Å². The van der Waals surface area contributed by atoms with E-state index in [4.69, 9.17) is 4.74 Å². The summed E-state index contributed by atoms with van der Waals surface area (Å²) in [5.74, 6) is 0.867. The van der Waals surface area contributed by atoms with Gasteiger partial charge < -0.3 is 10.1 Å². The molecular formula is C12H24N2O. The Balaban J connectivity index is 1.80. The van der Waals surface area contributed by atoms with Crippen molar-refractivity contribution in [2.45, 2.75) is 38.8 Å². The Labute approximate surface area is 93.2 Å². The fourth-order valence-corrected chi connectivity index (χ4v) is 2.61. The third-order valence-corrected chi connectivity index (χ3v) is 3.73. The molecule has 2 rings (SSSR count). The van der Waals surface area contributed by atoms with Crippen molar-refractivity contribution in [3.8, 4) is 0 Å². The largest absolute Gasteiger partial charge is 0.381 e. The lowest BCUT2D eigenvalue weighted by Gasteiger charge is -2.40. The molecule has 0 aliphatic carbocycles. The molecule has 0 aromatic rings. The molecule has 2 aliphatic heterocycles. The zero-order chi connectivity index (χ0) is 10.7. The van der Waals surface area contributed by atoms with Crippen molar-refractivity contribution in [1.82, 2.24) is 10.2 Å². The van der Waals surface area contributed by atoms with Gasteiger partial charge in [0.25, 0.3) is 0 Å². The van der Waals surface area contributed by atoms with Crippen LogP contribution in [0.4, 0.5) is 0 Å². The summed E-state index contributed by atoms with van der Waals surface area (Å²) in [6, 6.07) is 1.35. The molecule has 0 bridgehead atoms. The van der Waals surface area contributed by atoms with E-state index >= 15 is 0 Å². The number of rotatable bonds is 2. The molecule has 0 aromatic heterocycles. The van der Waals surface area contributed by atoms with Gasteiger partial charge in [0.15, 0.2) is 0 Å². The average Bonchev–Trinajstić information content (AvgIpc) is 2.25. The van der Waals surface area contributed by atoms with Crippen LogP contribution >= 0.6 is 0 Å². The highest BCUT2D eigenvalue weighted by Gasteiger charge is 2.25. The van der Waals surface area contributed by atoms with Crippen molar-refractivity contribution in [2.75, 3.05) is 32.8 Å². The Morgan fingerprint density at radius 3 is 2.73 bits per heavy atom. The van der Waals surface area contributed by atoms with Crippen LogP contribution in [-0.2, 0) is 4.74 Å². The summed E-state index contributed by atoms with van der Waals surface area (Å²) < 4.78 is 5.41. The molecule has 0 radical (unpaired) electrons. The quantitative estimate of drug-likeness (QED) is 0.742. The van der Waals surface area contributed by atoms with Crippen LogP contribution in [0.2, 0.25) is 0 Å². The van der Waals surface area contributed by atoms with E-state index in [1.165, 1.54) is 25.9 Å². The van der Waals surface area contributed by atoms with Gasteiger partial charge in [0, 0.05) is 44.9 Å². The molecule has 15 heavy (non-hydrogen) atoms. The van der Waals surface area contributed by atoms with Gasteiger partial charge in [-0.3, -0.25) is 4.90 Å². The maximum Gasteiger partial charge on any atom is 0.0469 e. The zero-order valence-corrected chi connectivity index (χ0v) is 10.0. The molecule has 0 spiro atoms. The molecule has 0 aromatic carbocycles. The van der Waals surface area contributed by atoms with Gasteiger partial charge in [-0.1, -0.05) is 0 Å². The SMILES string of the molecule is C[C@@H]1CN[C@@H](C)CN1CC1CCOCC1. The maximum absolute atomic E-state index is 5.41. The number of nitrogens with one attached hydrogen (secondary N) is 1. The third-order valence-electron chi connectivity index (χ3n) is 3.73. The first kappa shape index (κ1) is 11.4. The van der Waals surface area contributed by atoms with E-state index < -0.39 is 0 Å². The van der Waals surface area contributed by atoms with Gasteiger partial charge in [-0.05, 0) is 32.6 Å². The smallest absolute Gasteiger partial charge is 0.0469 e. The van der Waals surface area contributed by atoms with E-state index in [1.807, 2.05) is 0 Å². The van der Waals surface area contributed by atoms with Crippen molar-refractivity contribution < 1.29 is 4.74 Å². The van der Waals surface area contributed by atoms with E-state index in [1.54, 1.807) is 0 Å². The van der Waals surface area contributed by atoms with Gasteiger partial charge in [0.2, 0.25) is 0 Å². The van der Waals surface area contributed by atoms with Gasteiger partial charge in [0.1, 0.15) is 0 Å². The number of hydrogen-bond donors (Lipinski definition) is 1. The Morgan fingerprint density at radius 1 is 1.27 bits per heavy atom. The first-order valence-electron chi connectivity index (χ1n) is 6.31. The molecule has 3 heteroatoms. The molecule has 2 saturated heterocycles. The fraction of sp³-hybridized carbons (Fsp3) is 1.00. The van der Waals surface area contributed by atoms with Crippen LogP contribution in [0.1, 0.15) is 26.7 Å². The summed E-state index contributed by atoms with van der Waals surface area (Å²) in [5, 5.41) is 3.53. The van der Waals surface area contributed by atoms with Crippen molar-refractivity contribution in [1.29, 1.82) is 0 Å². The number of nitrogens with zero attached hydrogens (tertiary/aromatic N) is 1. The van der Waals surface area contributed by atoms with Crippen molar-refractivity contribution in [3.05, 3.63) is 0 Å². The fourth-order valence-electron chi connectivity index (χ4n) is 2.61. The standard InChI is InChI=1S/C12H24N2O/c1-10-8-14(11(2)7-13-10)9-12-3-5-15-6-4-12/h10-13H,3-9H2,1-2H3/t10-,11+/m0/s1. The summed E-state index contributed by atoms with van der Waals surface area (Å²) in [5.41, 5.74) is 0. The van der Waals surface area contributed by atoms with E-state index in [-0.39, 0.29) is 0 Å². The summed E-state index contributed by atoms with van der Waals surface area (Å²) >= 11 is 0. The van der Waals surface area contributed by atoms with Crippen LogP contribution in [-0.4, -0.2) is 49.8 Å². The summed E-state index contributed by atoms with van der Waals surface area (Å²) in [6.07, 6.45) is 2.51. The third kappa shape index (κ3) is 3.16. The van der Waals surface area contributed by atoms with Crippen LogP contribution in [0, 0.1) is 5.92 Å². The maximum atomic E-state index is 5.41. The second-order valence-electron chi connectivity index (χ2n) is 5.17. The van der Waals surface area contributed by atoms with Gasteiger partial charge in [-0.15, -0.1) is 0 Å². The predicted molar refractivity (Wildman–Crippen MR) is 62.0 cm³/mol. The van der Waals surface area contributed by atoms with Crippen molar-refractivity contribution in [3.63, 3.8) is 0 Å². The minimum absolute atomic E-state index is 0.654. The highest BCUT2D eigenvalue weighted by molar-refractivity contribution is 4.83. The highest BCUT2D eigenvalue weighted by Crippen LogP contribution is 2.18. The number of piperazine rings is 1. The topological polar surface area (TPSA) is 24.5 Å². The van der Waals surface area contributed by atoms with Crippen LogP contribution in [0.25, 0.3) is 0 Å². The molecule has 88 valence electrons. The van der Waals surface area contributed by atoms with Gasteiger partial charge in [-0.2, -0.15) is 0 Å². The molecule has 0 amide bonds. The molecule has 0 saturated carbocycles. The summed E-state index contributed by atoms with van der Waals surface area (Å²) in [6.45, 7) is 10.2. The Kier molecular flexibility index (Phi) is 4.00. The van der Waals surface area contributed by atoms with E-state index in [9.17, 15) is 0 Å². The van der Waals surface area contributed by atoms with Crippen LogP contribution in [0.3, 0.4) is 0 Å². The Bertz CT molecular complexity index is 192. The molecule has 2 aliphatic rings. The van der Waals surface area contributed by atoms with Crippen LogP contribution < -0.4 is 5.32 Å². The molecule has 0 unspecified atom stereocenters.